The molecule has 0 fully saturated rings. The number of thiazole rings is 1. The second-order valence-electron chi connectivity index (χ2n) is 4.94. The first-order valence-electron chi connectivity index (χ1n) is 5.82. The van der Waals surface area contributed by atoms with Crippen LogP contribution < -0.4 is 5.32 Å². The van der Waals surface area contributed by atoms with E-state index in [-0.39, 0.29) is 0 Å². The number of hydrogen-bond donors (Lipinski definition) is 1. The van der Waals surface area contributed by atoms with Gasteiger partial charge in [0.05, 0.1) is 10.7 Å². The molecule has 1 aromatic rings. The number of aromatic nitrogens is 1. The van der Waals surface area contributed by atoms with Gasteiger partial charge in [0, 0.05) is 29.8 Å². The van der Waals surface area contributed by atoms with Crippen molar-refractivity contribution in [2.24, 2.45) is 5.92 Å². The van der Waals surface area contributed by atoms with Gasteiger partial charge in [0.1, 0.15) is 0 Å². The van der Waals surface area contributed by atoms with Gasteiger partial charge >= 0.3 is 0 Å². The maximum absolute atomic E-state index is 4.76. The van der Waals surface area contributed by atoms with E-state index in [4.69, 9.17) is 4.98 Å². The summed E-state index contributed by atoms with van der Waals surface area (Å²) in [7, 11) is 0. The largest absolute Gasteiger partial charge is 0.309 e. The van der Waals surface area contributed by atoms with E-state index in [9.17, 15) is 0 Å². The fourth-order valence-electron chi connectivity index (χ4n) is 2.03. The second-order valence-corrected chi connectivity index (χ2v) is 6.01. The monoisotopic (exact) mass is 224 g/mol. The van der Waals surface area contributed by atoms with Crippen LogP contribution in [0.25, 0.3) is 0 Å². The number of hydrogen-bond acceptors (Lipinski definition) is 3. The van der Waals surface area contributed by atoms with Crippen molar-refractivity contribution >= 4 is 11.3 Å². The van der Waals surface area contributed by atoms with E-state index in [1.54, 1.807) is 0 Å². The number of nitrogens with one attached hydrogen (secondary N) is 1. The summed E-state index contributed by atoms with van der Waals surface area (Å²) >= 11 is 1.91. The molecule has 1 N–H and O–H groups in total. The van der Waals surface area contributed by atoms with Crippen molar-refractivity contribution in [2.75, 3.05) is 6.54 Å². The van der Waals surface area contributed by atoms with E-state index in [2.05, 4.69) is 33.0 Å². The molecular weight excluding hydrogens is 204 g/mol. The average molecular weight is 224 g/mol. The van der Waals surface area contributed by atoms with Gasteiger partial charge in [-0.1, -0.05) is 27.7 Å². The molecule has 0 amide bonds. The third kappa shape index (κ3) is 2.08. The van der Waals surface area contributed by atoms with E-state index < -0.39 is 0 Å². The van der Waals surface area contributed by atoms with Crippen LogP contribution in [0.2, 0.25) is 0 Å². The molecule has 0 aromatic carbocycles. The first-order valence-corrected chi connectivity index (χ1v) is 6.64. The summed E-state index contributed by atoms with van der Waals surface area (Å²) in [6, 6.07) is 0.527. The predicted octanol–water partition coefficient (Wildman–Crippen LogP) is 3.11. The zero-order chi connectivity index (χ0) is 11.0. The van der Waals surface area contributed by atoms with Crippen molar-refractivity contribution in [3.05, 3.63) is 15.6 Å². The van der Waals surface area contributed by atoms with Crippen molar-refractivity contribution in [3.63, 3.8) is 0 Å². The molecule has 1 aliphatic heterocycles. The second kappa shape index (κ2) is 4.22. The summed E-state index contributed by atoms with van der Waals surface area (Å²) < 4.78 is 0. The third-order valence-electron chi connectivity index (χ3n) is 2.91. The standard InChI is InChI=1S/C12H20N2S/c1-7(2)10-11-9(5-6-13-10)14-12(15-11)8(3)4/h7-8,10,13H,5-6H2,1-4H3/t10-/m1/s1. The maximum Gasteiger partial charge on any atom is 0.0957 e. The van der Waals surface area contributed by atoms with Gasteiger partial charge in [-0.2, -0.15) is 0 Å². The zero-order valence-electron chi connectivity index (χ0n) is 10.0. The summed E-state index contributed by atoms with van der Waals surface area (Å²) in [4.78, 5) is 6.25. The Hall–Kier alpha value is -0.410. The Morgan fingerprint density at radius 1 is 1.33 bits per heavy atom. The van der Waals surface area contributed by atoms with Crippen LogP contribution in [0.4, 0.5) is 0 Å². The van der Waals surface area contributed by atoms with Crippen LogP contribution in [0.5, 0.6) is 0 Å². The highest BCUT2D eigenvalue weighted by atomic mass is 32.1. The van der Waals surface area contributed by atoms with Crippen molar-refractivity contribution in [2.45, 2.75) is 46.1 Å². The molecule has 0 aliphatic carbocycles. The van der Waals surface area contributed by atoms with E-state index in [1.807, 2.05) is 11.3 Å². The van der Waals surface area contributed by atoms with E-state index in [0.29, 0.717) is 17.9 Å². The fourth-order valence-corrected chi connectivity index (χ4v) is 3.39. The molecule has 3 heteroatoms. The van der Waals surface area contributed by atoms with E-state index in [0.717, 1.165) is 13.0 Å². The highest BCUT2D eigenvalue weighted by Gasteiger charge is 2.26. The van der Waals surface area contributed by atoms with Crippen molar-refractivity contribution in [3.8, 4) is 0 Å². The van der Waals surface area contributed by atoms with Gasteiger partial charge in [-0.25, -0.2) is 4.98 Å². The Balaban J connectivity index is 2.34. The summed E-state index contributed by atoms with van der Waals surface area (Å²) in [5, 5.41) is 4.90. The first-order chi connectivity index (χ1) is 7.09. The summed E-state index contributed by atoms with van der Waals surface area (Å²) in [5.74, 6) is 1.22. The van der Waals surface area contributed by atoms with Gasteiger partial charge in [0.25, 0.3) is 0 Å². The van der Waals surface area contributed by atoms with Crippen LogP contribution in [-0.2, 0) is 6.42 Å². The molecule has 2 rings (SSSR count). The van der Waals surface area contributed by atoms with Crippen molar-refractivity contribution in [1.29, 1.82) is 0 Å². The van der Waals surface area contributed by atoms with E-state index in [1.165, 1.54) is 15.6 Å². The normalized spacial score (nSPS) is 21.1. The molecule has 0 saturated heterocycles. The first kappa shape index (κ1) is 11.1. The molecule has 0 saturated carbocycles. The summed E-state index contributed by atoms with van der Waals surface area (Å²) in [6.07, 6.45) is 1.10. The lowest BCUT2D eigenvalue weighted by Gasteiger charge is -2.26. The van der Waals surface area contributed by atoms with E-state index >= 15 is 0 Å². The molecule has 84 valence electrons. The highest BCUT2D eigenvalue weighted by Crippen LogP contribution is 2.35. The minimum Gasteiger partial charge on any atom is -0.309 e. The van der Waals surface area contributed by atoms with Gasteiger partial charge in [-0.05, 0) is 5.92 Å². The molecular formula is C12H20N2S. The fraction of sp³-hybridized carbons (Fsp3) is 0.750. The summed E-state index contributed by atoms with van der Waals surface area (Å²) in [6.45, 7) is 10.1. The Bertz CT molecular complexity index is 341. The van der Waals surface area contributed by atoms with Crippen LogP contribution in [0.15, 0.2) is 0 Å². The van der Waals surface area contributed by atoms with Crippen molar-refractivity contribution in [1.82, 2.24) is 10.3 Å². The van der Waals surface area contributed by atoms with Crippen molar-refractivity contribution < 1.29 is 0 Å². The quantitative estimate of drug-likeness (QED) is 0.835. The number of nitrogens with zero attached hydrogens (tertiary/aromatic N) is 1. The molecule has 1 aliphatic rings. The molecule has 0 unspecified atom stereocenters. The minimum atomic E-state index is 0.527. The van der Waals surface area contributed by atoms with Gasteiger partial charge in [-0.3, -0.25) is 0 Å². The molecule has 0 radical (unpaired) electrons. The average Bonchev–Trinajstić information content (AvgIpc) is 2.60. The lowest BCUT2D eigenvalue weighted by Crippen LogP contribution is -2.32. The molecule has 1 aromatic heterocycles. The molecule has 1 atom stereocenters. The Labute approximate surface area is 96.1 Å². The van der Waals surface area contributed by atoms with Crippen LogP contribution in [0, 0.1) is 5.92 Å². The van der Waals surface area contributed by atoms with Gasteiger partial charge in [-0.15, -0.1) is 11.3 Å². The Kier molecular flexibility index (Phi) is 3.12. The molecule has 15 heavy (non-hydrogen) atoms. The number of fused-ring (bicyclic) bond motifs is 1. The highest BCUT2D eigenvalue weighted by molar-refractivity contribution is 7.12. The Morgan fingerprint density at radius 2 is 2.07 bits per heavy atom. The Morgan fingerprint density at radius 3 is 2.67 bits per heavy atom. The molecule has 0 spiro atoms. The molecule has 0 bridgehead atoms. The van der Waals surface area contributed by atoms with Gasteiger partial charge in [0.2, 0.25) is 0 Å². The van der Waals surface area contributed by atoms with Crippen LogP contribution in [0.3, 0.4) is 0 Å². The van der Waals surface area contributed by atoms with Crippen LogP contribution >= 0.6 is 11.3 Å². The minimum absolute atomic E-state index is 0.527. The van der Waals surface area contributed by atoms with Crippen LogP contribution in [-0.4, -0.2) is 11.5 Å². The molecule has 2 nitrogen and oxygen atoms in total. The zero-order valence-corrected chi connectivity index (χ0v) is 10.8. The lowest BCUT2D eigenvalue weighted by molar-refractivity contribution is 0.399. The lowest BCUT2D eigenvalue weighted by atomic mass is 9.97. The number of rotatable bonds is 2. The molecule has 2 heterocycles. The maximum atomic E-state index is 4.76. The van der Waals surface area contributed by atoms with Gasteiger partial charge < -0.3 is 5.32 Å². The van der Waals surface area contributed by atoms with Gasteiger partial charge in [0.15, 0.2) is 0 Å². The topological polar surface area (TPSA) is 24.9 Å². The third-order valence-corrected chi connectivity index (χ3v) is 4.39. The van der Waals surface area contributed by atoms with Crippen LogP contribution in [0.1, 0.15) is 55.2 Å². The predicted molar refractivity (Wildman–Crippen MR) is 65.5 cm³/mol. The smallest absolute Gasteiger partial charge is 0.0957 e. The summed E-state index contributed by atoms with van der Waals surface area (Å²) in [5.41, 5.74) is 1.35. The SMILES string of the molecule is CC(C)c1nc2c(s1)[C@@H](C(C)C)NCC2.